The molecule has 0 aliphatic heterocycles. The number of thiazole rings is 1. The Bertz CT molecular complexity index is 633. The zero-order valence-electron chi connectivity index (χ0n) is 12.3. The van der Waals surface area contributed by atoms with E-state index < -0.39 is 0 Å². The van der Waals surface area contributed by atoms with Crippen molar-refractivity contribution in [3.8, 4) is 0 Å². The lowest BCUT2D eigenvalue weighted by Gasteiger charge is -2.21. The fraction of sp³-hybridized carbons (Fsp3) is 0.333. The molecule has 1 aromatic heterocycles. The topological polar surface area (TPSA) is 68.5 Å². The predicted molar refractivity (Wildman–Crippen MR) is 91.4 cm³/mol. The smallest absolute Gasteiger partial charge is 0.306 e. The van der Waals surface area contributed by atoms with E-state index in [4.69, 9.17) is 10.5 Å². The largest absolute Gasteiger partial charge is 0.469 e. The Kier molecular flexibility index (Phi) is 6.35. The van der Waals surface area contributed by atoms with Crippen molar-refractivity contribution in [1.29, 1.82) is 0 Å². The molecule has 7 heteroatoms. The summed E-state index contributed by atoms with van der Waals surface area (Å²) in [6.45, 7) is 2.07. The molecule has 0 unspecified atom stereocenters. The van der Waals surface area contributed by atoms with Crippen LogP contribution in [0, 0.1) is 0 Å². The van der Waals surface area contributed by atoms with E-state index in [1.165, 1.54) is 24.0 Å². The minimum atomic E-state index is -0.205. The van der Waals surface area contributed by atoms with Gasteiger partial charge in [0, 0.05) is 35.2 Å². The average molecular weight is 384 g/mol. The SMILES string of the molecule is COC(=O)CCN(Cc1cccc(Br)c1)Cc1cnc(N)s1. The van der Waals surface area contributed by atoms with Gasteiger partial charge < -0.3 is 10.5 Å². The highest BCUT2D eigenvalue weighted by atomic mass is 79.9. The lowest BCUT2D eigenvalue weighted by atomic mass is 10.2. The molecule has 5 nitrogen and oxygen atoms in total. The maximum atomic E-state index is 11.4. The van der Waals surface area contributed by atoms with Gasteiger partial charge in [-0.15, -0.1) is 11.3 Å². The number of nitrogens with zero attached hydrogens (tertiary/aromatic N) is 2. The lowest BCUT2D eigenvalue weighted by molar-refractivity contribution is -0.141. The van der Waals surface area contributed by atoms with Gasteiger partial charge in [-0.25, -0.2) is 4.98 Å². The third kappa shape index (κ3) is 5.40. The monoisotopic (exact) mass is 383 g/mol. The van der Waals surface area contributed by atoms with Crippen LogP contribution in [0.4, 0.5) is 5.13 Å². The Balaban J connectivity index is 2.04. The minimum Gasteiger partial charge on any atom is -0.469 e. The summed E-state index contributed by atoms with van der Waals surface area (Å²) in [5, 5.41) is 0.561. The zero-order chi connectivity index (χ0) is 15.9. The molecule has 118 valence electrons. The van der Waals surface area contributed by atoms with E-state index in [1.807, 2.05) is 12.1 Å². The van der Waals surface area contributed by atoms with Crippen molar-refractivity contribution in [1.82, 2.24) is 9.88 Å². The van der Waals surface area contributed by atoms with Gasteiger partial charge in [-0.2, -0.15) is 0 Å². The summed E-state index contributed by atoms with van der Waals surface area (Å²) in [4.78, 5) is 18.7. The van der Waals surface area contributed by atoms with Crippen molar-refractivity contribution >= 4 is 38.4 Å². The molecule has 0 spiro atoms. The number of carbonyl (C=O) groups excluding carboxylic acids is 1. The van der Waals surface area contributed by atoms with Crippen LogP contribution in [0.25, 0.3) is 0 Å². The Hall–Kier alpha value is -1.44. The number of hydrogen-bond acceptors (Lipinski definition) is 6. The molecule has 22 heavy (non-hydrogen) atoms. The highest BCUT2D eigenvalue weighted by molar-refractivity contribution is 9.10. The first kappa shape index (κ1) is 16.9. The van der Waals surface area contributed by atoms with Gasteiger partial charge in [0.2, 0.25) is 0 Å². The Morgan fingerprint density at radius 1 is 1.45 bits per heavy atom. The summed E-state index contributed by atoms with van der Waals surface area (Å²) >= 11 is 4.95. The Morgan fingerprint density at radius 3 is 2.91 bits per heavy atom. The minimum absolute atomic E-state index is 0.205. The van der Waals surface area contributed by atoms with Crippen molar-refractivity contribution in [2.45, 2.75) is 19.5 Å². The number of nitrogen functional groups attached to an aromatic ring is 1. The summed E-state index contributed by atoms with van der Waals surface area (Å²) in [7, 11) is 1.41. The standard InChI is InChI=1S/C15H18BrN3O2S/c1-21-14(20)5-6-19(10-13-8-18-15(17)22-13)9-11-3-2-4-12(16)7-11/h2-4,7-8H,5-6,9-10H2,1H3,(H2,17,18). The highest BCUT2D eigenvalue weighted by Gasteiger charge is 2.12. The molecule has 2 N–H and O–H groups in total. The second kappa shape index (κ2) is 8.26. The van der Waals surface area contributed by atoms with Crippen molar-refractivity contribution in [2.75, 3.05) is 19.4 Å². The first-order valence-corrected chi connectivity index (χ1v) is 8.41. The quantitative estimate of drug-likeness (QED) is 0.744. The number of anilines is 1. The third-order valence-electron chi connectivity index (χ3n) is 3.11. The Morgan fingerprint density at radius 2 is 2.27 bits per heavy atom. The molecule has 2 rings (SSSR count). The molecule has 0 aliphatic rings. The van der Waals surface area contributed by atoms with Crippen LogP contribution in [0.5, 0.6) is 0 Å². The summed E-state index contributed by atoms with van der Waals surface area (Å²) in [5.41, 5.74) is 6.86. The van der Waals surface area contributed by atoms with Crippen LogP contribution in [0.15, 0.2) is 34.9 Å². The molecule has 0 fully saturated rings. The van der Waals surface area contributed by atoms with Crippen LogP contribution in [0.2, 0.25) is 0 Å². The van der Waals surface area contributed by atoms with Gasteiger partial charge >= 0.3 is 5.97 Å². The fourth-order valence-corrected chi connectivity index (χ4v) is 3.25. The third-order valence-corrected chi connectivity index (χ3v) is 4.41. The van der Waals surface area contributed by atoms with E-state index in [1.54, 1.807) is 6.20 Å². The highest BCUT2D eigenvalue weighted by Crippen LogP contribution is 2.19. The maximum Gasteiger partial charge on any atom is 0.306 e. The molecule has 1 heterocycles. The summed E-state index contributed by atoms with van der Waals surface area (Å²) in [6, 6.07) is 8.14. The molecule has 0 radical (unpaired) electrons. The number of methoxy groups -OCH3 is 1. The van der Waals surface area contributed by atoms with Crippen molar-refractivity contribution in [3.05, 3.63) is 45.4 Å². The molecule has 0 saturated heterocycles. The van der Waals surface area contributed by atoms with Crippen molar-refractivity contribution in [3.63, 3.8) is 0 Å². The van der Waals surface area contributed by atoms with Crippen LogP contribution in [-0.4, -0.2) is 29.5 Å². The van der Waals surface area contributed by atoms with Crippen LogP contribution >= 0.6 is 27.3 Å². The number of nitrogens with two attached hydrogens (primary N) is 1. The number of aromatic nitrogens is 1. The summed E-state index contributed by atoms with van der Waals surface area (Å²) in [6.07, 6.45) is 2.14. The van der Waals surface area contributed by atoms with E-state index in [2.05, 4.69) is 37.9 Å². The van der Waals surface area contributed by atoms with Gasteiger partial charge in [0.25, 0.3) is 0 Å². The van der Waals surface area contributed by atoms with E-state index in [-0.39, 0.29) is 5.97 Å². The second-order valence-corrected chi connectivity index (χ2v) is 6.89. The average Bonchev–Trinajstić information content (AvgIpc) is 2.89. The molecule has 1 aromatic carbocycles. The van der Waals surface area contributed by atoms with E-state index >= 15 is 0 Å². The molecule has 0 atom stereocenters. The van der Waals surface area contributed by atoms with Gasteiger partial charge in [0.1, 0.15) is 0 Å². The van der Waals surface area contributed by atoms with Crippen LogP contribution in [-0.2, 0) is 22.6 Å². The van der Waals surface area contributed by atoms with E-state index in [9.17, 15) is 4.79 Å². The van der Waals surface area contributed by atoms with E-state index in [0.717, 1.165) is 15.9 Å². The number of halogens is 1. The summed E-state index contributed by atoms with van der Waals surface area (Å²) in [5.74, 6) is -0.205. The maximum absolute atomic E-state index is 11.4. The number of carbonyl (C=O) groups is 1. The number of benzene rings is 1. The number of rotatable bonds is 7. The predicted octanol–water partition coefficient (Wildman–Crippen LogP) is 3.05. The lowest BCUT2D eigenvalue weighted by Crippen LogP contribution is -2.25. The van der Waals surface area contributed by atoms with Crippen molar-refractivity contribution < 1.29 is 9.53 Å². The van der Waals surface area contributed by atoms with Gasteiger partial charge in [-0.05, 0) is 17.7 Å². The zero-order valence-corrected chi connectivity index (χ0v) is 14.7. The molecular weight excluding hydrogens is 366 g/mol. The van der Waals surface area contributed by atoms with Crippen LogP contribution in [0.1, 0.15) is 16.9 Å². The molecule has 0 bridgehead atoms. The molecule has 0 amide bonds. The van der Waals surface area contributed by atoms with Crippen LogP contribution in [0.3, 0.4) is 0 Å². The molecule has 0 saturated carbocycles. The van der Waals surface area contributed by atoms with Gasteiger partial charge in [-0.1, -0.05) is 28.1 Å². The molecule has 0 aliphatic carbocycles. The fourth-order valence-electron chi connectivity index (χ4n) is 2.08. The first-order chi connectivity index (χ1) is 10.6. The second-order valence-electron chi connectivity index (χ2n) is 4.83. The van der Waals surface area contributed by atoms with Gasteiger partial charge in [0.15, 0.2) is 5.13 Å². The summed E-state index contributed by atoms with van der Waals surface area (Å²) < 4.78 is 5.76. The first-order valence-electron chi connectivity index (χ1n) is 6.80. The van der Waals surface area contributed by atoms with Crippen LogP contribution < -0.4 is 5.73 Å². The molecular formula is C15H18BrN3O2S. The molecule has 2 aromatic rings. The van der Waals surface area contributed by atoms with E-state index in [0.29, 0.717) is 24.6 Å². The number of hydrogen-bond donors (Lipinski definition) is 1. The Labute approximate surface area is 142 Å². The normalized spacial score (nSPS) is 10.9. The van der Waals surface area contributed by atoms with Gasteiger partial charge in [-0.3, -0.25) is 9.69 Å². The van der Waals surface area contributed by atoms with Gasteiger partial charge in [0.05, 0.1) is 13.5 Å². The van der Waals surface area contributed by atoms with Crippen molar-refractivity contribution in [2.24, 2.45) is 0 Å². The number of ether oxygens (including phenoxy) is 1. The number of esters is 1.